The zero-order chi connectivity index (χ0) is 65.5. The van der Waals surface area contributed by atoms with Crippen molar-refractivity contribution in [2.24, 2.45) is 50.2 Å². The number of esters is 1. The minimum atomic E-state index is -2.24. The molecule has 5 saturated heterocycles. The number of aliphatic hydroxyl groups excluding tert-OH is 14. The number of carbonyl (C=O) groups is 3. The van der Waals surface area contributed by atoms with Crippen LogP contribution in [0.5, 0.6) is 0 Å². The Labute approximate surface area is 512 Å². The summed E-state index contributed by atoms with van der Waals surface area (Å²) in [5, 5.41) is 188. The number of aliphatic hydroxyl groups is 15. The van der Waals surface area contributed by atoms with E-state index in [1.807, 2.05) is 33.8 Å². The lowest BCUT2D eigenvalue weighted by molar-refractivity contribution is -0.386. The quantitative estimate of drug-likeness (QED) is 0.0443. The Balaban J connectivity index is 0.970. The molecule has 0 bridgehead atoms. The van der Waals surface area contributed by atoms with E-state index in [0.29, 0.717) is 25.7 Å². The van der Waals surface area contributed by atoms with Crippen molar-refractivity contribution < 1.29 is 149 Å². The largest absolute Gasteiger partial charge is 0.481 e. The lowest BCUT2D eigenvalue weighted by Crippen LogP contribution is -2.71. The zero-order valence-electron chi connectivity index (χ0n) is 50.9. The van der Waals surface area contributed by atoms with Crippen LogP contribution in [0.15, 0.2) is 11.6 Å². The standard InChI is InChI=1S/C59H92O30/c1-21-30(64)39(84-46-36(70)33(67)32(66)26(18-60)83-46)38(72)48(81-21)87-42-40(85-50-43(73)58(79,19-61)20-80-50)31(65)22(2)82-49(42)89-52(78)59-14-13-53(3,4)15-24(59)23-9-10-27-54(5)16-25(62)44(88-47-37(71)34(68)35(69)41(86-47)45(74)75)57(8,51(76)77)28(54)11-12-55(27,6)56(23,7)17-29(59)63/h9,21-22,24-44,46-50,60-73,79H,10-20H2,1-8H3,(H,74,75)(H,76,77)/t21-,22+,24-,25-,26+,27?,28?,29+,30-,31-,32+,33-,34-,35-,36+,37+,38+,39+,40-,41-,42+,43-,44-,46-,47-,48-,49-,50-,54+,55+,56+,57-,58+,59+/m0/s1. The van der Waals surface area contributed by atoms with Crippen molar-refractivity contribution in [3.63, 3.8) is 0 Å². The molecule has 4 saturated carbocycles. The van der Waals surface area contributed by atoms with E-state index >= 15 is 4.79 Å². The van der Waals surface area contributed by atoms with E-state index in [9.17, 15) is 96.4 Å². The average molecular weight is 1280 g/mol. The fourth-order valence-electron chi connectivity index (χ4n) is 17.7. The van der Waals surface area contributed by atoms with Crippen molar-refractivity contribution in [1.29, 1.82) is 0 Å². The fraction of sp³-hybridized carbons (Fsp3) is 0.915. The molecule has 508 valence electrons. The predicted molar refractivity (Wildman–Crippen MR) is 292 cm³/mol. The summed E-state index contributed by atoms with van der Waals surface area (Å²) in [4.78, 5) is 41.8. The summed E-state index contributed by atoms with van der Waals surface area (Å²) in [5.74, 6) is -5.92. The van der Waals surface area contributed by atoms with Gasteiger partial charge < -0.3 is 134 Å². The summed E-state index contributed by atoms with van der Waals surface area (Å²) < 4.78 is 59.8. The molecule has 10 aliphatic rings. The third kappa shape index (κ3) is 10.9. The fourth-order valence-corrected chi connectivity index (χ4v) is 17.7. The highest BCUT2D eigenvalue weighted by molar-refractivity contribution is 5.80. The molecular weight excluding hydrogens is 1190 g/mol. The van der Waals surface area contributed by atoms with Gasteiger partial charge in [-0.25, -0.2) is 4.79 Å². The molecule has 0 radical (unpaired) electrons. The number of fused-ring (bicyclic) bond motifs is 7. The molecule has 89 heavy (non-hydrogen) atoms. The maximum Gasteiger partial charge on any atom is 0.335 e. The Hall–Kier alpha value is -2.81. The highest BCUT2D eigenvalue weighted by Gasteiger charge is 2.75. The smallest absolute Gasteiger partial charge is 0.335 e. The van der Waals surface area contributed by atoms with Crippen LogP contribution in [-0.4, -0.2) is 284 Å². The molecule has 0 amide bonds. The Bertz CT molecular complexity index is 2630. The maximum atomic E-state index is 15.9. The van der Waals surface area contributed by atoms with Crippen LogP contribution in [-0.2, 0) is 61.8 Å². The van der Waals surface area contributed by atoms with Crippen LogP contribution in [0.4, 0.5) is 0 Å². The molecule has 9 fully saturated rings. The van der Waals surface area contributed by atoms with Crippen LogP contribution in [0.3, 0.4) is 0 Å². The van der Waals surface area contributed by atoms with Crippen LogP contribution >= 0.6 is 0 Å². The first kappa shape index (κ1) is 69.0. The van der Waals surface area contributed by atoms with E-state index in [-0.39, 0.29) is 25.7 Å². The average Bonchev–Trinajstić information content (AvgIpc) is 1.35. The lowest BCUT2D eigenvalue weighted by atomic mass is 9.33. The number of hydrogen-bond acceptors (Lipinski definition) is 28. The van der Waals surface area contributed by atoms with E-state index in [1.54, 1.807) is 0 Å². The molecule has 2 unspecified atom stereocenters. The molecular formula is C59H92O30. The number of allylic oxidation sites excluding steroid dienone is 2. The van der Waals surface area contributed by atoms with Crippen molar-refractivity contribution in [2.75, 3.05) is 19.8 Å². The minimum absolute atomic E-state index is 0.0337. The SMILES string of the molecule is C[C@@H]1O[C@@H](O[C@H]2[C@H](OC(=O)[C@]34CCC(C)(C)C[C@H]3C3=CCC5[C@@]6(C)C[C@H](O)[C@H](O[C@@H]7O[C@H](C(=O)O)[C@@H](O)[C@H](O)[C@H]7O)[C@@](C)(C(=O)O)C6CC[C@@]5(C)[C@]3(C)C[C@H]4O)O[C@H](C)[C@H](O)[C@@H]2O[C@@H]2OC[C@](O)(CO)[C@H]2O)[C@H](O)[C@H](O[C@@H]2O[C@H](CO)[C@@H](O)[C@H](O)[C@H]2O)[C@H]1O. The number of carbonyl (C=O) groups excluding carboxylic acids is 1. The summed E-state index contributed by atoms with van der Waals surface area (Å²) in [6.07, 6.45) is -41.6. The van der Waals surface area contributed by atoms with E-state index < -0.39 is 247 Å². The van der Waals surface area contributed by atoms with Gasteiger partial charge in [-0.3, -0.25) is 9.59 Å². The number of ether oxygens (including phenoxy) is 10. The van der Waals surface area contributed by atoms with Gasteiger partial charge in [0.15, 0.2) is 37.4 Å². The van der Waals surface area contributed by atoms with Gasteiger partial charge in [0.1, 0.15) is 96.5 Å². The molecule has 0 aromatic heterocycles. The maximum absolute atomic E-state index is 15.9. The number of aliphatic carboxylic acids is 2. The first-order chi connectivity index (χ1) is 41.4. The van der Waals surface area contributed by atoms with Crippen LogP contribution in [0.1, 0.15) is 107 Å². The lowest BCUT2D eigenvalue weighted by Gasteiger charge is -2.71. The second-order valence-electron chi connectivity index (χ2n) is 28.8. The van der Waals surface area contributed by atoms with Crippen molar-refractivity contribution >= 4 is 17.9 Å². The van der Waals surface area contributed by atoms with Crippen LogP contribution in [0.25, 0.3) is 0 Å². The van der Waals surface area contributed by atoms with Gasteiger partial charge in [0.25, 0.3) is 0 Å². The molecule has 30 heteroatoms. The van der Waals surface area contributed by atoms with Crippen LogP contribution in [0.2, 0.25) is 0 Å². The molecule has 30 nitrogen and oxygen atoms in total. The molecule has 34 atom stereocenters. The Morgan fingerprint density at radius 1 is 0.607 bits per heavy atom. The zero-order valence-corrected chi connectivity index (χ0v) is 50.9. The number of carboxylic acids is 2. The van der Waals surface area contributed by atoms with Gasteiger partial charge in [-0.15, -0.1) is 0 Å². The summed E-state index contributed by atoms with van der Waals surface area (Å²) >= 11 is 0. The van der Waals surface area contributed by atoms with Crippen LogP contribution in [0, 0.1) is 50.2 Å². The molecule has 5 aliphatic carbocycles. The topological polar surface area (TPSA) is 487 Å². The van der Waals surface area contributed by atoms with E-state index in [2.05, 4.69) is 6.92 Å². The Morgan fingerprint density at radius 3 is 1.80 bits per heavy atom. The number of rotatable bonds is 14. The molecule has 5 aliphatic heterocycles. The highest BCUT2D eigenvalue weighted by atomic mass is 16.8. The number of carboxylic acid groups (broad SMARTS) is 2. The van der Waals surface area contributed by atoms with Gasteiger partial charge in [-0.2, -0.15) is 0 Å². The molecule has 10 rings (SSSR count). The Morgan fingerprint density at radius 2 is 1.19 bits per heavy atom. The van der Waals surface area contributed by atoms with E-state index in [1.165, 1.54) is 20.8 Å². The second-order valence-corrected chi connectivity index (χ2v) is 28.8. The van der Waals surface area contributed by atoms with Crippen molar-refractivity contribution in [2.45, 2.75) is 266 Å². The van der Waals surface area contributed by atoms with Gasteiger partial charge >= 0.3 is 17.9 Å². The summed E-state index contributed by atoms with van der Waals surface area (Å²) in [6, 6.07) is 0. The van der Waals surface area contributed by atoms with E-state index in [0.717, 1.165) is 5.57 Å². The van der Waals surface area contributed by atoms with E-state index in [4.69, 9.17) is 47.4 Å². The van der Waals surface area contributed by atoms with Crippen LogP contribution < -0.4 is 0 Å². The van der Waals surface area contributed by atoms with Gasteiger partial charge in [0.2, 0.25) is 6.29 Å². The van der Waals surface area contributed by atoms with Gasteiger partial charge in [-0.05, 0) is 112 Å². The predicted octanol–water partition coefficient (Wildman–Crippen LogP) is -4.42. The third-order valence-electron chi connectivity index (χ3n) is 23.3. The molecule has 0 aromatic carbocycles. The summed E-state index contributed by atoms with van der Waals surface area (Å²) in [6.45, 7) is 11.8. The first-order valence-electron chi connectivity index (χ1n) is 30.8. The molecule has 17 N–H and O–H groups in total. The van der Waals surface area contributed by atoms with Crippen molar-refractivity contribution in [3.8, 4) is 0 Å². The van der Waals surface area contributed by atoms with Gasteiger partial charge in [-0.1, -0.05) is 46.3 Å². The Kier molecular flexibility index (Phi) is 19.0. The molecule has 0 aromatic rings. The monoisotopic (exact) mass is 1280 g/mol. The minimum Gasteiger partial charge on any atom is -0.481 e. The third-order valence-corrected chi connectivity index (χ3v) is 23.3. The number of hydrogen-bond donors (Lipinski definition) is 17. The van der Waals surface area contributed by atoms with Gasteiger partial charge in [0.05, 0.1) is 49.7 Å². The first-order valence-corrected chi connectivity index (χ1v) is 30.8. The van der Waals surface area contributed by atoms with Crippen molar-refractivity contribution in [1.82, 2.24) is 0 Å². The molecule has 5 heterocycles. The summed E-state index contributed by atoms with van der Waals surface area (Å²) in [7, 11) is 0. The molecule has 0 spiro atoms. The second kappa shape index (κ2) is 24.4. The highest BCUT2D eigenvalue weighted by Crippen LogP contribution is 2.76. The summed E-state index contributed by atoms with van der Waals surface area (Å²) in [5.41, 5.74) is -8.22. The van der Waals surface area contributed by atoms with Crippen molar-refractivity contribution in [3.05, 3.63) is 11.6 Å². The van der Waals surface area contributed by atoms with Gasteiger partial charge in [0, 0.05) is 0 Å². The normalized spacial score (nSPS) is 54.8.